The van der Waals surface area contributed by atoms with Gasteiger partial charge in [0.05, 0.1) is 5.25 Å². The van der Waals surface area contributed by atoms with Gasteiger partial charge in [-0.05, 0) is 32.6 Å². The smallest absolute Gasteiger partial charge is 0.215 e. The first-order valence-electron chi connectivity index (χ1n) is 6.61. The van der Waals surface area contributed by atoms with E-state index in [1.165, 1.54) is 12.8 Å². The summed E-state index contributed by atoms with van der Waals surface area (Å²) < 4.78 is 26.9. The van der Waals surface area contributed by atoms with E-state index in [0.717, 1.165) is 6.42 Å². The lowest BCUT2D eigenvalue weighted by atomic mass is 10.0. The quantitative estimate of drug-likeness (QED) is 0.696. The molecule has 1 aliphatic carbocycles. The molecule has 4 nitrogen and oxygen atoms in total. The van der Waals surface area contributed by atoms with Gasteiger partial charge in [-0.25, -0.2) is 13.1 Å². The molecule has 0 bridgehead atoms. The normalized spacial score (nSPS) is 22.1. The second kappa shape index (κ2) is 6.16. The zero-order valence-electron chi connectivity index (χ0n) is 11.4. The number of nitrogens with one attached hydrogen (secondary N) is 2. The van der Waals surface area contributed by atoms with Gasteiger partial charge in [0.2, 0.25) is 10.0 Å². The maximum absolute atomic E-state index is 12.0. The highest BCUT2D eigenvalue weighted by molar-refractivity contribution is 7.90. The Kier molecular flexibility index (Phi) is 5.41. The molecule has 0 aromatic heterocycles. The molecule has 1 saturated carbocycles. The van der Waals surface area contributed by atoms with Crippen molar-refractivity contribution in [1.82, 2.24) is 10.0 Å². The van der Waals surface area contributed by atoms with Crippen LogP contribution in [0.15, 0.2) is 0 Å². The highest BCUT2D eigenvalue weighted by atomic mass is 32.2. The van der Waals surface area contributed by atoms with Gasteiger partial charge in [0.1, 0.15) is 0 Å². The van der Waals surface area contributed by atoms with Crippen LogP contribution in [0.3, 0.4) is 0 Å². The third-order valence-corrected chi connectivity index (χ3v) is 5.58. The molecule has 5 heteroatoms. The van der Waals surface area contributed by atoms with E-state index < -0.39 is 10.0 Å². The standard InChI is InChI=1S/C12H26N2O2S/c1-5-9(2)11(4)14-17(15,16)10(3)8-13-12-6-7-12/h9-14H,5-8H2,1-4H3. The molecule has 0 spiro atoms. The topological polar surface area (TPSA) is 58.2 Å². The number of hydrogen-bond donors (Lipinski definition) is 2. The molecule has 1 rings (SSSR count). The molecule has 0 saturated heterocycles. The molecule has 17 heavy (non-hydrogen) atoms. The third kappa shape index (κ3) is 4.94. The maximum atomic E-state index is 12.0. The lowest BCUT2D eigenvalue weighted by Gasteiger charge is -2.22. The Morgan fingerprint density at radius 1 is 1.24 bits per heavy atom. The Hall–Kier alpha value is -0.130. The van der Waals surface area contributed by atoms with E-state index in [9.17, 15) is 8.42 Å². The minimum Gasteiger partial charge on any atom is -0.313 e. The summed E-state index contributed by atoms with van der Waals surface area (Å²) in [5, 5.41) is 2.89. The van der Waals surface area contributed by atoms with Crippen LogP contribution in [0.4, 0.5) is 0 Å². The molecule has 3 unspecified atom stereocenters. The van der Waals surface area contributed by atoms with Gasteiger partial charge in [0.25, 0.3) is 0 Å². The average Bonchev–Trinajstić information content (AvgIpc) is 3.07. The molecule has 1 aliphatic rings. The van der Waals surface area contributed by atoms with Crippen LogP contribution in [0.25, 0.3) is 0 Å². The van der Waals surface area contributed by atoms with Crippen molar-refractivity contribution in [2.24, 2.45) is 5.92 Å². The minimum absolute atomic E-state index is 0.00775. The molecule has 1 fully saturated rings. The molecule has 2 N–H and O–H groups in total. The van der Waals surface area contributed by atoms with Crippen LogP contribution in [-0.2, 0) is 10.0 Å². The Morgan fingerprint density at radius 3 is 2.29 bits per heavy atom. The van der Waals surface area contributed by atoms with E-state index in [2.05, 4.69) is 23.9 Å². The van der Waals surface area contributed by atoms with Gasteiger partial charge in [-0.15, -0.1) is 0 Å². The van der Waals surface area contributed by atoms with E-state index in [0.29, 0.717) is 18.5 Å². The molecule has 0 aromatic rings. The summed E-state index contributed by atoms with van der Waals surface area (Å²) in [6.07, 6.45) is 3.35. The van der Waals surface area contributed by atoms with Gasteiger partial charge in [0, 0.05) is 18.6 Å². The van der Waals surface area contributed by atoms with Crippen molar-refractivity contribution < 1.29 is 8.42 Å². The van der Waals surface area contributed by atoms with E-state index >= 15 is 0 Å². The van der Waals surface area contributed by atoms with Crippen LogP contribution < -0.4 is 10.0 Å². The van der Waals surface area contributed by atoms with Crippen LogP contribution in [0.5, 0.6) is 0 Å². The molecule has 0 radical (unpaired) electrons. The van der Waals surface area contributed by atoms with Crippen LogP contribution >= 0.6 is 0 Å². The van der Waals surface area contributed by atoms with E-state index in [4.69, 9.17) is 0 Å². The second-order valence-corrected chi connectivity index (χ2v) is 7.46. The number of hydrogen-bond acceptors (Lipinski definition) is 3. The van der Waals surface area contributed by atoms with E-state index in [1.807, 2.05) is 6.92 Å². The predicted molar refractivity (Wildman–Crippen MR) is 71.5 cm³/mol. The van der Waals surface area contributed by atoms with Crippen molar-refractivity contribution in [3.8, 4) is 0 Å². The van der Waals surface area contributed by atoms with Gasteiger partial charge in [-0.3, -0.25) is 0 Å². The fourth-order valence-electron chi connectivity index (χ4n) is 1.57. The predicted octanol–water partition coefficient (Wildman–Crippen LogP) is 1.48. The van der Waals surface area contributed by atoms with Gasteiger partial charge >= 0.3 is 0 Å². The van der Waals surface area contributed by atoms with Crippen molar-refractivity contribution in [1.29, 1.82) is 0 Å². The van der Waals surface area contributed by atoms with E-state index in [1.54, 1.807) is 6.92 Å². The molecule has 0 aromatic carbocycles. The molecule has 0 amide bonds. The summed E-state index contributed by atoms with van der Waals surface area (Å²) >= 11 is 0. The van der Waals surface area contributed by atoms with Crippen molar-refractivity contribution in [3.63, 3.8) is 0 Å². The minimum atomic E-state index is -3.20. The van der Waals surface area contributed by atoms with Gasteiger partial charge in [0.15, 0.2) is 0 Å². The molecule has 3 atom stereocenters. The highest BCUT2D eigenvalue weighted by Crippen LogP contribution is 2.18. The van der Waals surface area contributed by atoms with Crippen molar-refractivity contribution in [3.05, 3.63) is 0 Å². The fourth-order valence-corrected chi connectivity index (χ4v) is 2.87. The van der Waals surface area contributed by atoms with Crippen molar-refractivity contribution in [2.75, 3.05) is 6.54 Å². The molecular weight excluding hydrogens is 236 g/mol. The van der Waals surface area contributed by atoms with E-state index in [-0.39, 0.29) is 11.3 Å². The summed E-state index contributed by atoms with van der Waals surface area (Å²) in [6.45, 7) is 8.40. The van der Waals surface area contributed by atoms with Gasteiger partial charge in [-0.2, -0.15) is 0 Å². The third-order valence-electron chi connectivity index (χ3n) is 3.65. The zero-order valence-corrected chi connectivity index (χ0v) is 12.2. The first-order valence-corrected chi connectivity index (χ1v) is 8.16. The Balaban J connectivity index is 2.41. The monoisotopic (exact) mass is 262 g/mol. The molecule has 0 aliphatic heterocycles. The van der Waals surface area contributed by atoms with Crippen molar-refractivity contribution >= 4 is 10.0 Å². The lowest BCUT2D eigenvalue weighted by molar-refractivity contribution is 0.431. The maximum Gasteiger partial charge on any atom is 0.215 e. The second-order valence-electron chi connectivity index (χ2n) is 5.33. The average molecular weight is 262 g/mol. The van der Waals surface area contributed by atoms with Gasteiger partial charge in [-0.1, -0.05) is 20.3 Å². The largest absolute Gasteiger partial charge is 0.313 e. The fraction of sp³-hybridized carbons (Fsp3) is 1.00. The van der Waals surface area contributed by atoms with Crippen LogP contribution in [0.1, 0.15) is 47.0 Å². The summed E-state index contributed by atoms with van der Waals surface area (Å²) in [6, 6.07) is 0.563. The SMILES string of the molecule is CCC(C)C(C)NS(=O)(=O)C(C)CNC1CC1. The first-order chi connectivity index (χ1) is 7.86. The Morgan fingerprint density at radius 2 is 1.82 bits per heavy atom. The van der Waals surface area contributed by atoms with Gasteiger partial charge < -0.3 is 5.32 Å². The summed E-state index contributed by atoms with van der Waals surface area (Å²) in [5.41, 5.74) is 0. The molecule has 0 heterocycles. The number of rotatable bonds is 8. The van der Waals surface area contributed by atoms with Crippen LogP contribution in [-0.4, -0.2) is 32.3 Å². The van der Waals surface area contributed by atoms with Crippen LogP contribution in [0.2, 0.25) is 0 Å². The highest BCUT2D eigenvalue weighted by Gasteiger charge is 2.27. The number of sulfonamides is 1. The Bertz CT molecular complexity index is 325. The summed E-state index contributed by atoms with van der Waals surface area (Å²) in [4.78, 5) is 0. The molecular formula is C12H26N2O2S. The summed E-state index contributed by atoms with van der Waals surface area (Å²) in [5.74, 6) is 0.369. The first kappa shape index (κ1) is 14.9. The Labute approximate surface area is 106 Å². The lowest BCUT2D eigenvalue weighted by Crippen LogP contribution is -2.44. The zero-order chi connectivity index (χ0) is 13.1. The van der Waals surface area contributed by atoms with Crippen molar-refractivity contribution in [2.45, 2.75) is 64.3 Å². The van der Waals surface area contributed by atoms with Crippen LogP contribution in [0, 0.1) is 5.92 Å². The summed E-state index contributed by atoms with van der Waals surface area (Å²) in [7, 11) is -3.20. The molecule has 102 valence electrons.